The molecule has 0 unspecified atom stereocenters. The zero-order chi connectivity index (χ0) is 15.6. The maximum Gasteiger partial charge on any atom is 0.324 e. The molecule has 124 valence electrons. The summed E-state index contributed by atoms with van der Waals surface area (Å²) < 4.78 is 6.40. The van der Waals surface area contributed by atoms with Gasteiger partial charge in [0.15, 0.2) is 0 Å². The Kier molecular flexibility index (Phi) is 4.71. The van der Waals surface area contributed by atoms with Crippen LogP contribution < -0.4 is 5.32 Å². The van der Waals surface area contributed by atoms with Crippen LogP contribution in [0.2, 0.25) is 0 Å². The van der Waals surface area contributed by atoms with Crippen LogP contribution in [-0.2, 0) is 9.53 Å². The van der Waals surface area contributed by atoms with Gasteiger partial charge in [0, 0.05) is 6.04 Å². The second-order valence-corrected chi connectivity index (χ2v) is 7.37. The van der Waals surface area contributed by atoms with Crippen molar-refractivity contribution in [2.45, 2.75) is 88.9 Å². The first-order valence-electron chi connectivity index (χ1n) is 8.85. The Morgan fingerprint density at radius 1 is 1.05 bits per heavy atom. The Bertz CT molecular complexity index is 406. The molecule has 1 aliphatic heterocycles. The molecular weight excluding hydrogens is 280 g/mol. The van der Waals surface area contributed by atoms with E-state index in [-0.39, 0.29) is 30.1 Å². The molecule has 1 N–H and O–H groups in total. The van der Waals surface area contributed by atoms with Gasteiger partial charge in [0.2, 0.25) is 5.91 Å². The molecule has 0 aromatic carbocycles. The predicted molar refractivity (Wildman–Crippen MR) is 83.5 cm³/mol. The van der Waals surface area contributed by atoms with Crippen molar-refractivity contribution in [3.8, 4) is 0 Å². The summed E-state index contributed by atoms with van der Waals surface area (Å²) in [7, 11) is 0. The fourth-order valence-electron chi connectivity index (χ4n) is 4.14. The Hall–Kier alpha value is -1.10. The number of ether oxygens (including phenoxy) is 1. The van der Waals surface area contributed by atoms with E-state index in [9.17, 15) is 9.59 Å². The monoisotopic (exact) mass is 308 g/mol. The second-order valence-electron chi connectivity index (χ2n) is 7.37. The number of imide groups is 1. The normalized spacial score (nSPS) is 34.6. The number of carbonyl (C=O) groups is 2. The smallest absolute Gasteiger partial charge is 0.324 e. The number of amides is 3. The lowest BCUT2D eigenvalue weighted by Gasteiger charge is -2.49. The van der Waals surface area contributed by atoms with Crippen molar-refractivity contribution >= 4 is 11.9 Å². The SMILES string of the molecule is CC1(OC2CCCCCCCC2)CC(N2C(=O)CNC2=O)C1. The number of nitrogens with one attached hydrogen (secondary N) is 1. The Morgan fingerprint density at radius 3 is 2.18 bits per heavy atom. The van der Waals surface area contributed by atoms with Crippen molar-refractivity contribution in [2.75, 3.05) is 6.54 Å². The van der Waals surface area contributed by atoms with Crippen molar-refractivity contribution in [2.24, 2.45) is 0 Å². The van der Waals surface area contributed by atoms with Gasteiger partial charge >= 0.3 is 6.03 Å². The van der Waals surface area contributed by atoms with Gasteiger partial charge in [-0.25, -0.2) is 4.79 Å². The summed E-state index contributed by atoms with van der Waals surface area (Å²) in [5.41, 5.74) is -0.160. The molecule has 1 heterocycles. The van der Waals surface area contributed by atoms with E-state index in [0.29, 0.717) is 6.10 Å². The quantitative estimate of drug-likeness (QED) is 0.815. The number of hydrogen-bond acceptors (Lipinski definition) is 3. The van der Waals surface area contributed by atoms with Crippen LogP contribution in [0.25, 0.3) is 0 Å². The zero-order valence-electron chi connectivity index (χ0n) is 13.6. The van der Waals surface area contributed by atoms with Gasteiger partial charge in [0.1, 0.15) is 0 Å². The summed E-state index contributed by atoms with van der Waals surface area (Å²) in [6.45, 7) is 2.28. The molecule has 0 bridgehead atoms. The molecule has 3 rings (SSSR count). The van der Waals surface area contributed by atoms with Crippen LogP contribution >= 0.6 is 0 Å². The molecule has 2 aliphatic carbocycles. The van der Waals surface area contributed by atoms with E-state index in [2.05, 4.69) is 12.2 Å². The van der Waals surface area contributed by atoms with E-state index in [4.69, 9.17) is 4.74 Å². The summed E-state index contributed by atoms with van der Waals surface area (Å²) in [4.78, 5) is 24.8. The van der Waals surface area contributed by atoms with Crippen LogP contribution in [-0.4, -0.2) is 41.1 Å². The van der Waals surface area contributed by atoms with Crippen molar-refractivity contribution in [3.05, 3.63) is 0 Å². The van der Waals surface area contributed by atoms with Crippen molar-refractivity contribution in [1.82, 2.24) is 10.2 Å². The summed E-state index contributed by atoms with van der Waals surface area (Å²) in [6.07, 6.45) is 12.1. The first-order valence-corrected chi connectivity index (χ1v) is 8.85. The average Bonchev–Trinajstić information content (AvgIpc) is 2.83. The molecule has 5 heteroatoms. The van der Waals surface area contributed by atoms with E-state index in [1.165, 1.54) is 43.4 Å². The van der Waals surface area contributed by atoms with Gasteiger partial charge in [-0.15, -0.1) is 0 Å². The van der Waals surface area contributed by atoms with E-state index in [0.717, 1.165) is 25.7 Å². The molecule has 0 atom stereocenters. The molecule has 2 saturated carbocycles. The molecule has 0 aromatic rings. The first-order chi connectivity index (χ1) is 10.6. The lowest BCUT2D eigenvalue weighted by Crippen LogP contribution is -2.57. The number of hydrogen-bond donors (Lipinski definition) is 1. The van der Waals surface area contributed by atoms with Crippen molar-refractivity contribution < 1.29 is 14.3 Å². The van der Waals surface area contributed by atoms with E-state index in [1.807, 2.05) is 0 Å². The maximum atomic E-state index is 11.7. The highest BCUT2D eigenvalue weighted by Gasteiger charge is 2.49. The summed E-state index contributed by atoms with van der Waals surface area (Å²) in [5, 5.41) is 2.60. The van der Waals surface area contributed by atoms with Gasteiger partial charge < -0.3 is 10.1 Å². The van der Waals surface area contributed by atoms with Gasteiger partial charge in [0.05, 0.1) is 18.2 Å². The number of carbonyl (C=O) groups excluding carboxylic acids is 2. The highest BCUT2D eigenvalue weighted by atomic mass is 16.5. The molecule has 0 radical (unpaired) electrons. The van der Waals surface area contributed by atoms with E-state index >= 15 is 0 Å². The number of urea groups is 1. The number of nitrogens with zero attached hydrogens (tertiary/aromatic N) is 1. The van der Waals surface area contributed by atoms with Crippen LogP contribution in [0.5, 0.6) is 0 Å². The van der Waals surface area contributed by atoms with Crippen LogP contribution in [0.4, 0.5) is 4.79 Å². The molecule has 22 heavy (non-hydrogen) atoms. The Labute approximate surface area is 132 Å². The molecular formula is C17H28N2O3. The highest BCUT2D eigenvalue weighted by Crippen LogP contribution is 2.41. The molecule has 0 spiro atoms. The summed E-state index contributed by atoms with van der Waals surface area (Å²) >= 11 is 0. The number of rotatable bonds is 3. The summed E-state index contributed by atoms with van der Waals surface area (Å²) in [6, 6.07) is -0.212. The van der Waals surface area contributed by atoms with Crippen molar-refractivity contribution in [3.63, 3.8) is 0 Å². The van der Waals surface area contributed by atoms with Crippen molar-refractivity contribution in [1.29, 1.82) is 0 Å². The molecule has 3 amide bonds. The lowest BCUT2D eigenvalue weighted by molar-refractivity contribution is -0.161. The minimum atomic E-state index is -0.237. The summed E-state index contributed by atoms with van der Waals surface area (Å²) in [5.74, 6) is -0.0977. The Morgan fingerprint density at radius 2 is 1.64 bits per heavy atom. The van der Waals surface area contributed by atoms with E-state index in [1.54, 1.807) is 0 Å². The van der Waals surface area contributed by atoms with Crippen LogP contribution in [0.15, 0.2) is 0 Å². The largest absolute Gasteiger partial charge is 0.372 e. The highest BCUT2D eigenvalue weighted by molar-refractivity contribution is 6.02. The third kappa shape index (κ3) is 3.45. The zero-order valence-corrected chi connectivity index (χ0v) is 13.6. The van der Waals surface area contributed by atoms with Gasteiger partial charge in [-0.1, -0.05) is 38.5 Å². The van der Waals surface area contributed by atoms with Crippen LogP contribution in [0.3, 0.4) is 0 Å². The second kappa shape index (κ2) is 6.57. The fraction of sp³-hybridized carbons (Fsp3) is 0.882. The fourth-order valence-corrected chi connectivity index (χ4v) is 4.14. The molecule has 3 aliphatic rings. The van der Waals surface area contributed by atoms with E-state index < -0.39 is 0 Å². The molecule has 0 aromatic heterocycles. The average molecular weight is 308 g/mol. The molecule has 5 nitrogen and oxygen atoms in total. The van der Waals surface area contributed by atoms with Gasteiger partial charge in [-0.3, -0.25) is 9.69 Å². The topological polar surface area (TPSA) is 58.6 Å². The standard InChI is InChI=1S/C17H28N2O3/c1-17(22-14-8-6-4-2-3-5-7-9-14)10-13(11-17)19-15(20)12-18-16(19)21/h13-14H,2-12H2,1H3,(H,18,21). The Balaban J connectivity index is 1.50. The predicted octanol–water partition coefficient (Wildman–Crippen LogP) is 2.98. The molecule has 1 saturated heterocycles. The third-order valence-corrected chi connectivity index (χ3v) is 5.33. The minimum Gasteiger partial charge on any atom is -0.372 e. The van der Waals surface area contributed by atoms with Gasteiger partial charge in [-0.2, -0.15) is 0 Å². The lowest BCUT2D eigenvalue weighted by atomic mass is 9.75. The first kappa shape index (κ1) is 15.8. The molecule has 3 fully saturated rings. The maximum absolute atomic E-state index is 11.7. The minimum absolute atomic E-state index is 0.0244. The van der Waals surface area contributed by atoms with Gasteiger partial charge in [-0.05, 0) is 32.6 Å². The van der Waals surface area contributed by atoms with Crippen LogP contribution in [0, 0.1) is 0 Å². The third-order valence-electron chi connectivity index (χ3n) is 5.33. The van der Waals surface area contributed by atoms with Crippen LogP contribution in [0.1, 0.15) is 71.1 Å². The van der Waals surface area contributed by atoms with Gasteiger partial charge in [0.25, 0.3) is 0 Å².